The van der Waals surface area contributed by atoms with E-state index in [-0.39, 0.29) is 11.0 Å². The summed E-state index contributed by atoms with van der Waals surface area (Å²) in [6.07, 6.45) is 2.96. The molecule has 0 saturated carbocycles. The van der Waals surface area contributed by atoms with Crippen molar-refractivity contribution < 1.29 is 0 Å². The van der Waals surface area contributed by atoms with Crippen LogP contribution in [0, 0.1) is 0 Å². The van der Waals surface area contributed by atoms with Crippen molar-refractivity contribution in [1.82, 2.24) is 0 Å². The fourth-order valence-electron chi connectivity index (χ4n) is 0. The van der Waals surface area contributed by atoms with E-state index in [4.69, 9.17) is 0 Å². The van der Waals surface area contributed by atoms with E-state index in [0.29, 0.717) is 0 Å². The van der Waals surface area contributed by atoms with Gasteiger partial charge in [-0.25, -0.2) is 0 Å². The summed E-state index contributed by atoms with van der Waals surface area (Å²) in [5, 5.41) is 0. The molecular formula is C4H8Si. The third-order valence-corrected chi connectivity index (χ3v) is 0.289. The highest BCUT2D eigenvalue weighted by Gasteiger charge is 1.45. The molecule has 0 aliphatic rings. The van der Waals surface area contributed by atoms with E-state index in [0.717, 1.165) is 6.42 Å². The molecular weight excluding hydrogens is 76.1 g/mol. The highest BCUT2D eigenvalue weighted by atomic mass is 28.1. The van der Waals surface area contributed by atoms with Crippen molar-refractivity contribution in [3.8, 4) is 0 Å². The van der Waals surface area contributed by atoms with E-state index in [1.54, 1.807) is 0 Å². The maximum atomic E-state index is 3.48. The summed E-state index contributed by atoms with van der Waals surface area (Å²) < 4.78 is 0. The summed E-state index contributed by atoms with van der Waals surface area (Å²) in [6.45, 7) is 5.54. The minimum absolute atomic E-state index is 0. The van der Waals surface area contributed by atoms with Gasteiger partial charge < -0.3 is 0 Å². The van der Waals surface area contributed by atoms with Gasteiger partial charge in [0.05, 0.1) is 0 Å². The van der Waals surface area contributed by atoms with E-state index in [1.807, 2.05) is 6.08 Å². The van der Waals surface area contributed by atoms with Gasteiger partial charge in [0.25, 0.3) is 0 Å². The molecule has 0 amide bonds. The summed E-state index contributed by atoms with van der Waals surface area (Å²) in [6, 6.07) is 0. The Morgan fingerprint density at radius 1 is 1.80 bits per heavy atom. The lowest BCUT2D eigenvalue weighted by Gasteiger charge is -1.57. The van der Waals surface area contributed by atoms with Gasteiger partial charge >= 0.3 is 0 Å². The molecule has 0 fully saturated rings. The summed E-state index contributed by atoms with van der Waals surface area (Å²) >= 11 is 0. The van der Waals surface area contributed by atoms with Crippen LogP contribution in [0.15, 0.2) is 12.7 Å². The van der Waals surface area contributed by atoms with Gasteiger partial charge in [-0.2, -0.15) is 0 Å². The molecule has 5 heavy (non-hydrogen) atoms. The standard InChI is InChI=1S/C4H8.Si/c1-3-4-2;/h3H,1,4H2,2H3;. The summed E-state index contributed by atoms with van der Waals surface area (Å²) in [7, 11) is 0. The second kappa shape index (κ2) is 9.03. The van der Waals surface area contributed by atoms with Gasteiger partial charge in [-0.1, -0.05) is 13.0 Å². The Kier molecular flexibility index (Phi) is 16.0. The van der Waals surface area contributed by atoms with Crippen molar-refractivity contribution in [2.45, 2.75) is 13.3 Å². The molecule has 0 aromatic rings. The lowest BCUT2D eigenvalue weighted by molar-refractivity contribution is 1.23. The van der Waals surface area contributed by atoms with Crippen LogP contribution in [0.1, 0.15) is 13.3 Å². The normalized spacial score (nSPS) is 5.00. The quantitative estimate of drug-likeness (QED) is 0.331. The Hall–Kier alpha value is -0.0431. The van der Waals surface area contributed by atoms with E-state index < -0.39 is 0 Å². The molecule has 0 N–H and O–H groups in total. The van der Waals surface area contributed by atoms with Gasteiger partial charge in [-0.05, 0) is 6.42 Å². The molecule has 0 saturated heterocycles. The lowest BCUT2D eigenvalue weighted by atomic mass is 10.5. The van der Waals surface area contributed by atoms with Crippen LogP contribution in [0.25, 0.3) is 0 Å². The first-order valence-corrected chi connectivity index (χ1v) is 1.52. The minimum atomic E-state index is 0. The van der Waals surface area contributed by atoms with E-state index in [1.165, 1.54) is 0 Å². The largest absolute Gasteiger partial charge is 0.103 e. The number of rotatable bonds is 1. The predicted molar refractivity (Wildman–Crippen MR) is 26.2 cm³/mol. The predicted octanol–water partition coefficient (Wildman–Crippen LogP) is 1.20. The van der Waals surface area contributed by atoms with Gasteiger partial charge in [0.1, 0.15) is 0 Å². The summed E-state index contributed by atoms with van der Waals surface area (Å²) in [5.74, 6) is 0. The monoisotopic (exact) mass is 84.0 g/mol. The maximum absolute atomic E-state index is 3.48. The molecule has 0 atom stereocenters. The molecule has 0 spiro atoms. The van der Waals surface area contributed by atoms with Crippen LogP contribution in [-0.2, 0) is 0 Å². The number of hydrogen-bond acceptors (Lipinski definition) is 0. The zero-order chi connectivity index (χ0) is 3.41. The third kappa shape index (κ3) is 16.5. The average Bonchev–Trinajstić information content (AvgIpc) is 1.37. The zero-order valence-corrected chi connectivity index (χ0v) is 4.49. The second-order valence-electron chi connectivity index (χ2n) is 0.697. The van der Waals surface area contributed by atoms with Gasteiger partial charge in [0, 0.05) is 11.0 Å². The van der Waals surface area contributed by atoms with Gasteiger partial charge in [0.15, 0.2) is 0 Å². The Labute approximate surface area is 37.9 Å². The average molecular weight is 84.2 g/mol. The smallest absolute Gasteiger partial charge is 0 e. The zero-order valence-electron chi connectivity index (χ0n) is 3.49. The minimum Gasteiger partial charge on any atom is -0.103 e. The molecule has 0 bridgehead atoms. The fourth-order valence-corrected chi connectivity index (χ4v) is 0. The topological polar surface area (TPSA) is 0 Å². The Bertz CT molecular complexity index is 17.6. The van der Waals surface area contributed by atoms with Gasteiger partial charge in [-0.15, -0.1) is 6.58 Å². The van der Waals surface area contributed by atoms with Crippen LogP contribution < -0.4 is 0 Å². The fraction of sp³-hybridized carbons (Fsp3) is 0.500. The van der Waals surface area contributed by atoms with Crippen molar-refractivity contribution in [3.05, 3.63) is 12.7 Å². The van der Waals surface area contributed by atoms with Crippen molar-refractivity contribution in [3.63, 3.8) is 0 Å². The molecule has 4 radical (unpaired) electrons. The van der Waals surface area contributed by atoms with E-state index in [9.17, 15) is 0 Å². The Morgan fingerprint density at radius 3 is 2.00 bits per heavy atom. The van der Waals surface area contributed by atoms with Gasteiger partial charge in [0.2, 0.25) is 0 Å². The van der Waals surface area contributed by atoms with Crippen molar-refractivity contribution >= 4 is 11.0 Å². The summed E-state index contributed by atoms with van der Waals surface area (Å²) in [4.78, 5) is 0. The third-order valence-electron chi connectivity index (χ3n) is 0.289. The Balaban J connectivity index is 0. The SMILES string of the molecule is C=CCC.[Si]. The lowest BCUT2D eigenvalue weighted by Crippen LogP contribution is -1.36. The first-order chi connectivity index (χ1) is 1.91. The van der Waals surface area contributed by atoms with Crippen LogP contribution in [-0.4, -0.2) is 11.0 Å². The first-order valence-electron chi connectivity index (χ1n) is 1.52. The molecule has 0 aliphatic heterocycles. The molecule has 0 rings (SSSR count). The summed E-state index contributed by atoms with van der Waals surface area (Å²) in [5.41, 5.74) is 0. The highest BCUT2D eigenvalue weighted by Crippen LogP contribution is 1.66. The first kappa shape index (κ1) is 8.88. The molecule has 28 valence electrons. The van der Waals surface area contributed by atoms with Crippen LogP contribution >= 0.6 is 0 Å². The number of hydrogen-bond donors (Lipinski definition) is 0. The maximum Gasteiger partial charge on any atom is 0 e. The van der Waals surface area contributed by atoms with Crippen molar-refractivity contribution in [2.75, 3.05) is 0 Å². The van der Waals surface area contributed by atoms with E-state index in [2.05, 4.69) is 13.5 Å². The van der Waals surface area contributed by atoms with Gasteiger partial charge in [-0.3, -0.25) is 0 Å². The molecule has 0 aromatic heterocycles. The van der Waals surface area contributed by atoms with Crippen molar-refractivity contribution in [2.24, 2.45) is 0 Å². The van der Waals surface area contributed by atoms with Crippen molar-refractivity contribution in [1.29, 1.82) is 0 Å². The van der Waals surface area contributed by atoms with E-state index >= 15 is 0 Å². The van der Waals surface area contributed by atoms with Crippen LogP contribution in [0.3, 0.4) is 0 Å². The van der Waals surface area contributed by atoms with Crippen LogP contribution in [0.2, 0.25) is 0 Å². The highest BCUT2D eigenvalue weighted by molar-refractivity contribution is 5.75. The molecule has 0 aliphatic carbocycles. The number of allylic oxidation sites excluding steroid dienone is 1. The molecule has 0 nitrogen and oxygen atoms in total. The second-order valence-corrected chi connectivity index (χ2v) is 0.697. The molecule has 0 unspecified atom stereocenters. The molecule has 0 heterocycles. The van der Waals surface area contributed by atoms with Crippen LogP contribution in [0.5, 0.6) is 0 Å². The van der Waals surface area contributed by atoms with Crippen LogP contribution in [0.4, 0.5) is 0 Å². The molecule has 1 heteroatoms. The molecule has 0 aromatic carbocycles. The Morgan fingerprint density at radius 2 is 2.00 bits per heavy atom.